The maximum atomic E-state index is 11.5. The largest absolute Gasteiger partial charge is 0.484 e. The Balaban J connectivity index is 1.64. The third-order valence-electron chi connectivity index (χ3n) is 2.82. The molecule has 1 amide bonds. The summed E-state index contributed by atoms with van der Waals surface area (Å²) in [5.74, 6) is 0.657. The maximum Gasteiger partial charge on any atom is 0.257 e. The minimum absolute atomic E-state index is 0.0671. The Morgan fingerprint density at radius 2 is 2.24 bits per heavy atom. The highest BCUT2D eigenvalue weighted by molar-refractivity contribution is 5.77. The summed E-state index contributed by atoms with van der Waals surface area (Å²) in [5.41, 5.74) is 0. The van der Waals surface area contributed by atoms with E-state index in [1.807, 2.05) is 30.3 Å². The minimum atomic E-state index is -0.0671. The van der Waals surface area contributed by atoms with Crippen molar-refractivity contribution in [1.82, 2.24) is 10.6 Å². The van der Waals surface area contributed by atoms with Crippen molar-refractivity contribution < 1.29 is 9.53 Å². The Morgan fingerprint density at radius 1 is 1.41 bits per heavy atom. The van der Waals surface area contributed by atoms with Crippen LogP contribution in [0.15, 0.2) is 30.3 Å². The Hall–Kier alpha value is -1.55. The van der Waals surface area contributed by atoms with E-state index in [0.29, 0.717) is 12.6 Å². The fourth-order valence-electron chi connectivity index (χ4n) is 1.88. The van der Waals surface area contributed by atoms with Crippen LogP contribution in [0.3, 0.4) is 0 Å². The summed E-state index contributed by atoms with van der Waals surface area (Å²) >= 11 is 0. The summed E-state index contributed by atoms with van der Waals surface area (Å²) in [7, 11) is 0. The second-order valence-corrected chi connectivity index (χ2v) is 4.20. The van der Waals surface area contributed by atoms with Gasteiger partial charge in [0.15, 0.2) is 6.61 Å². The highest BCUT2D eigenvalue weighted by Crippen LogP contribution is 2.07. The third kappa shape index (κ3) is 4.07. The molecule has 4 nitrogen and oxygen atoms in total. The monoisotopic (exact) mass is 234 g/mol. The van der Waals surface area contributed by atoms with Crippen molar-refractivity contribution in [2.24, 2.45) is 0 Å². The summed E-state index contributed by atoms with van der Waals surface area (Å²) in [6, 6.07) is 9.79. The molecule has 0 aromatic heterocycles. The number of hydrogen-bond donors (Lipinski definition) is 2. The van der Waals surface area contributed by atoms with Crippen LogP contribution in [-0.2, 0) is 4.79 Å². The zero-order valence-corrected chi connectivity index (χ0v) is 9.82. The molecule has 4 heteroatoms. The van der Waals surface area contributed by atoms with Crippen molar-refractivity contribution in [2.75, 3.05) is 19.7 Å². The fraction of sp³-hybridized carbons (Fsp3) is 0.462. The number of amides is 1. The van der Waals surface area contributed by atoms with Crippen molar-refractivity contribution >= 4 is 5.91 Å². The second-order valence-electron chi connectivity index (χ2n) is 4.20. The Bertz CT molecular complexity index is 348. The van der Waals surface area contributed by atoms with Gasteiger partial charge in [0, 0.05) is 12.6 Å². The molecule has 1 aromatic carbocycles. The van der Waals surface area contributed by atoms with Gasteiger partial charge in [-0.3, -0.25) is 4.79 Å². The Kier molecular flexibility index (Phi) is 4.38. The van der Waals surface area contributed by atoms with Crippen molar-refractivity contribution in [3.63, 3.8) is 0 Å². The van der Waals surface area contributed by atoms with Gasteiger partial charge in [-0.05, 0) is 31.5 Å². The second kappa shape index (κ2) is 6.25. The first-order valence-corrected chi connectivity index (χ1v) is 6.02. The molecule has 1 heterocycles. The first-order valence-electron chi connectivity index (χ1n) is 6.02. The molecule has 92 valence electrons. The smallest absolute Gasteiger partial charge is 0.257 e. The molecule has 1 saturated heterocycles. The SMILES string of the molecule is O=C(COc1ccccc1)NCC1CCCN1. The zero-order chi connectivity index (χ0) is 11.9. The van der Waals surface area contributed by atoms with Crippen molar-refractivity contribution in [1.29, 1.82) is 0 Å². The van der Waals surface area contributed by atoms with Gasteiger partial charge in [-0.25, -0.2) is 0 Å². The van der Waals surface area contributed by atoms with Crippen LogP contribution in [0.5, 0.6) is 5.75 Å². The predicted octanol–water partition coefficient (Wildman–Crippen LogP) is 0.934. The van der Waals surface area contributed by atoms with Crippen LogP contribution in [0.1, 0.15) is 12.8 Å². The van der Waals surface area contributed by atoms with E-state index in [1.54, 1.807) is 0 Å². The maximum absolute atomic E-state index is 11.5. The van der Waals surface area contributed by atoms with Gasteiger partial charge in [0.1, 0.15) is 5.75 Å². The molecule has 1 unspecified atom stereocenters. The summed E-state index contributed by atoms with van der Waals surface area (Å²) < 4.78 is 5.35. The number of rotatable bonds is 5. The van der Waals surface area contributed by atoms with E-state index in [9.17, 15) is 4.79 Å². The number of para-hydroxylation sites is 1. The van der Waals surface area contributed by atoms with Gasteiger partial charge < -0.3 is 15.4 Å². The summed E-state index contributed by atoms with van der Waals surface area (Å²) in [5, 5.41) is 6.20. The topological polar surface area (TPSA) is 50.4 Å². The van der Waals surface area contributed by atoms with Crippen molar-refractivity contribution in [3.05, 3.63) is 30.3 Å². The van der Waals surface area contributed by atoms with Crippen LogP contribution < -0.4 is 15.4 Å². The van der Waals surface area contributed by atoms with Crippen LogP contribution in [0.2, 0.25) is 0 Å². The molecule has 0 aliphatic carbocycles. The molecule has 17 heavy (non-hydrogen) atoms. The van der Waals surface area contributed by atoms with Gasteiger partial charge in [-0.2, -0.15) is 0 Å². The van der Waals surface area contributed by atoms with Crippen LogP contribution in [0, 0.1) is 0 Å². The molecule has 1 aromatic rings. The molecular weight excluding hydrogens is 216 g/mol. The number of nitrogens with one attached hydrogen (secondary N) is 2. The zero-order valence-electron chi connectivity index (χ0n) is 9.82. The standard InChI is InChI=1S/C13H18N2O2/c16-13(15-9-11-5-4-8-14-11)10-17-12-6-2-1-3-7-12/h1-3,6-7,11,14H,4-5,8-10H2,(H,15,16). The number of benzene rings is 1. The number of hydrogen-bond acceptors (Lipinski definition) is 3. The van der Waals surface area contributed by atoms with Gasteiger partial charge in [0.2, 0.25) is 0 Å². The lowest BCUT2D eigenvalue weighted by Crippen LogP contribution is -2.39. The first kappa shape index (κ1) is 11.9. The molecule has 1 atom stereocenters. The van der Waals surface area contributed by atoms with E-state index in [-0.39, 0.29) is 12.5 Å². The molecule has 0 spiro atoms. The quantitative estimate of drug-likeness (QED) is 0.797. The number of carbonyl (C=O) groups is 1. The van der Waals surface area contributed by atoms with E-state index in [1.165, 1.54) is 6.42 Å². The summed E-state index contributed by atoms with van der Waals surface area (Å²) in [6.07, 6.45) is 2.33. The molecule has 0 saturated carbocycles. The number of ether oxygens (including phenoxy) is 1. The van der Waals surface area contributed by atoms with E-state index in [4.69, 9.17) is 4.74 Å². The van der Waals surface area contributed by atoms with E-state index in [0.717, 1.165) is 18.7 Å². The fourth-order valence-corrected chi connectivity index (χ4v) is 1.88. The highest BCUT2D eigenvalue weighted by atomic mass is 16.5. The predicted molar refractivity (Wildman–Crippen MR) is 66.0 cm³/mol. The van der Waals surface area contributed by atoms with Gasteiger partial charge in [0.25, 0.3) is 5.91 Å². The van der Waals surface area contributed by atoms with Crippen LogP contribution in [0.25, 0.3) is 0 Å². The average Bonchev–Trinajstić information content (AvgIpc) is 2.88. The van der Waals surface area contributed by atoms with Crippen LogP contribution in [0.4, 0.5) is 0 Å². The average molecular weight is 234 g/mol. The lowest BCUT2D eigenvalue weighted by atomic mass is 10.2. The van der Waals surface area contributed by atoms with Crippen molar-refractivity contribution in [2.45, 2.75) is 18.9 Å². The summed E-state index contributed by atoms with van der Waals surface area (Å²) in [6.45, 7) is 1.83. The number of carbonyl (C=O) groups excluding carboxylic acids is 1. The molecule has 2 N–H and O–H groups in total. The van der Waals surface area contributed by atoms with Gasteiger partial charge in [0.05, 0.1) is 0 Å². The lowest BCUT2D eigenvalue weighted by molar-refractivity contribution is -0.123. The third-order valence-corrected chi connectivity index (χ3v) is 2.82. The first-order chi connectivity index (χ1) is 8.34. The van der Waals surface area contributed by atoms with Crippen molar-refractivity contribution in [3.8, 4) is 5.75 Å². The Labute approximate surface area is 101 Å². The van der Waals surface area contributed by atoms with E-state index in [2.05, 4.69) is 10.6 Å². The Morgan fingerprint density at radius 3 is 2.94 bits per heavy atom. The molecule has 0 radical (unpaired) electrons. The van der Waals surface area contributed by atoms with Gasteiger partial charge in [-0.15, -0.1) is 0 Å². The highest BCUT2D eigenvalue weighted by Gasteiger charge is 2.14. The molecular formula is C13H18N2O2. The molecule has 2 rings (SSSR count). The summed E-state index contributed by atoms with van der Waals surface area (Å²) in [4.78, 5) is 11.5. The van der Waals surface area contributed by atoms with Crippen LogP contribution >= 0.6 is 0 Å². The molecule has 1 aliphatic rings. The molecule has 1 aliphatic heterocycles. The van der Waals surface area contributed by atoms with Gasteiger partial charge >= 0.3 is 0 Å². The molecule has 1 fully saturated rings. The molecule has 0 bridgehead atoms. The van der Waals surface area contributed by atoms with E-state index < -0.39 is 0 Å². The van der Waals surface area contributed by atoms with Crippen LogP contribution in [-0.4, -0.2) is 31.6 Å². The van der Waals surface area contributed by atoms with Gasteiger partial charge in [-0.1, -0.05) is 18.2 Å². The minimum Gasteiger partial charge on any atom is -0.484 e. The van der Waals surface area contributed by atoms with E-state index >= 15 is 0 Å². The lowest BCUT2D eigenvalue weighted by Gasteiger charge is -2.11. The normalized spacial score (nSPS) is 18.9.